The van der Waals surface area contributed by atoms with Gasteiger partial charge in [0.05, 0.1) is 11.4 Å². The maximum Gasteiger partial charge on any atom is 0.227 e. The number of halogens is 1. The summed E-state index contributed by atoms with van der Waals surface area (Å²) in [4.78, 5) is 8.90. The number of nitrogens with one attached hydrogen (secondary N) is 2. The molecule has 182 valence electrons. The monoisotopic (exact) mass is 489 g/mol. The first kappa shape index (κ1) is 23.7. The van der Waals surface area contributed by atoms with E-state index in [1.807, 2.05) is 54.6 Å². The second-order valence-corrected chi connectivity index (χ2v) is 8.29. The SMILES string of the molecule is N=C1C=CC(c2ccnc(Nc3cccc(OCc4ccccc4)c3)n2)=C/C1=C(/[O-])c1ccc(F)cc1. The maximum atomic E-state index is 13.3. The molecule has 0 radical (unpaired) electrons. The van der Waals surface area contributed by atoms with E-state index >= 15 is 0 Å². The summed E-state index contributed by atoms with van der Waals surface area (Å²) in [5.74, 6) is 0.302. The maximum absolute atomic E-state index is 13.3. The van der Waals surface area contributed by atoms with Gasteiger partial charge in [-0.05, 0) is 59.2 Å². The quantitative estimate of drug-likeness (QED) is 0.326. The van der Waals surface area contributed by atoms with Crippen molar-refractivity contribution in [2.24, 2.45) is 0 Å². The van der Waals surface area contributed by atoms with Crippen LogP contribution in [0.4, 0.5) is 16.0 Å². The van der Waals surface area contributed by atoms with E-state index < -0.39 is 5.82 Å². The van der Waals surface area contributed by atoms with Gasteiger partial charge in [0, 0.05) is 23.5 Å². The normalized spacial score (nSPS) is 14.2. The molecule has 0 bridgehead atoms. The van der Waals surface area contributed by atoms with Crippen molar-refractivity contribution in [3.63, 3.8) is 0 Å². The van der Waals surface area contributed by atoms with Crippen LogP contribution in [0, 0.1) is 11.2 Å². The molecular weight excluding hydrogens is 467 g/mol. The summed E-state index contributed by atoms with van der Waals surface area (Å²) in [5, 5.41) is 24.3. The Hall–Kier alpha value is -5.04. The van der Waals surface area contributed by atoms with Crippen LogP contribution >= 0.6 is 0 Å². The molecule has 1 aliphatic rings. The van der Waals surface area contributed by atoms with Crippen molar-refractivity contribution in [2.75, 3.05) is 5.32 Å². The fourth-order valence-electron chi connectivity index (χ4n) is 3.76. The average molecular weight is 490 g/mol. The van der Waals surface area contributed by atoms with Crippen LogP contribution in [0.25, 0.3) is 11.3 Å². The Balaban J connectivity index is 1.35. The van der Waals surface area contributed by atoms with Gasteiger partial charge >= 0.3 is 0 Å². The van der Waals surface area contributed by atoms with Crippen LogP contribution in [0.15, 0.2) is 115 Å². The van der Waals surface area contributed by atoms with Crippen molar-refractivity contribution in [1.29, 1.82) is 5.41 Å². The summed E-state index contributed by atoms with van der Waals surface area (Å²) in [7, 11) is 0. The van der Waals surface area contributed by atoms with E-state index in [0.29, 0.717) is 35.1 Å². The summed E-state index contributed by atoms with van der Waals surface area (Å²) in [5.41, 5.74) is 3.68. The summed E-state index contributed by atoms with van der Waals surface area (Å²) in [6.07, 6.45) is 6.53. The summed E-state index contributed by atoms with van der Waals surface area (Å²) < 4.78 is 19.2. The highest BCUT2D eigenvalue weighted by atomic mass is 19.1. The smallest absolute Gasteiger partial charge is 0.227 e. The molecule has 0 atom stereocenters. The Labute approximate surface area is 213 Å². The lowest BCUT2D eigenvalue weighted by molar-refractivity contribution is -0.244. The number of anilines is 2. The third-order valence-electron chi connectivity index (χ3n) is 5.66. The first-order valence-electron chi connectivity index (χ1n) is 11.6. The highest BCUT2D eigenvalue weighted by molar-refractivity contribution is 6.16. The topological polar surface area (TPSA) is 94.0 Å². The number of benzene rings is 3. The van der Waals surface area contributed by atoms with E-state index in [-0.39, 0.29) is 17.0 Å². The molecule has 0 fully saturated rings. The van der Waals surface area contributed by atoms with Crippen molar-refractivity contribution in [3.8, 4) is 5.75 Å². The van der Waals surface area contributed by atoms with Crippen LogP contribution in [-0.4, -0.2) is 15.7 Å². The highest BCUT2D eigenvalue weighted by Crippen LogP contribution is 2.27. The van der Waals surface area contributed by atoms with Gasteiger partial charge < -0.3 is 20.6 Å². The van der Waals surface area contributed by atoms with E-state index in [0.717, 1.165) is 11.3 Å². The third kappa shape index (κ3) is 5.79. The number of hydrogen-bond donors (Lipinski definition) is 2. The summed E-state index contributed by atoms with van der Waals surface area (Å²) >= 11 is 0. The second-order valence-electron chi connectivity index (χ2n) is 8.29. The van der Waals surface area contributed by atoms with Gasteiger partial charge in [-0.25, -0.2) is 14.4 Å². The van der Waals surface area contributed by atoms with Gasteiger partial charge in [-0.15, -0.1) is 0 Å². The van der Waals surface area contributed by atoms with Gasteiger partial charge in [-0.3, -0.25) is 0 Å². The Morgan fingerprint density at radius 2 is 1.76 bits per heavy atom. The molecule has 37 heavy (non-hydrogen) atoms. The molecule has 0 amide bonds. The lowest BCUT2D eigenvalue weighted by Crippen LogP contribution is -2.12. The van der Waals surface area contributed by atoms with Crippen LogP contribution in [0.1, 0.15) is 16.8 Å². The number of aromatic nitrogens is 2. The second kappa shape index (κ2) is 10.7. The van der Waals surface area contributed by atoms with E-state index in [4.69, 9.17) is 10.1 Å². The van der Waals surface area contributed by atoms with E-state index in [9.17, 15) is 9.50 Å². The lowest BCUT2D eigenvalue weighted by Gasteiger charge is -2.20. The van der Waals surface area contributed by atoms with Crippen molar-refractivity contribution >= 4 is 28.7 Å². The highest BCUT2D eigenvalue weighted by Gasteiger charge is 2.13. The molecule has 0 unspecified atom stereocenters. The van der Waals surface area contributed by atoms with Gasteiger partial charge in [0.2, 0.25) is 5.95 Å². The van der Waals surface area contributed by atoms with Crippen LogP contribution in [-0.2, 0) is 6.61 Å². The first-order chi connectivity index (χ1) is 18.0. The molecule has 7 heteroatoms. The van der Waals surface area contributed by atoms with Crippen LogP contribution in [0.2, 0.25) is 0 Å². The van der Waals surface area contributed by atoms with Crippen LogP contribution in [0.3, 0.4) is 0 Å². The molecule has 2 N–H and O–H groups in total. The minimum absolute atomic E-state index is 0.0813. The van der Waals surface area contributed by atoms with Crippen molar-refractivity contribution in [1.82, 2.24) is 9.97 Å². The zero-order chi connectivity index (χ0) is 25.6. The molecule has 1 aliphatic carbocycles. The standard InChI is InChI=1S/C30H23FN4O2/c31-23-12-9-21(10-13-23)29(36)26-17-22(11-14-27(26)32)28-15-16-33-30(35-28)34-24-7-4-8-25(18-24)37-19-20-5-2-1-3-6-20/h1-18,32,36H,19H2,(H,33,34,35)/p-1/b29-26-,32-27?. The molecule has 1 heterocycles. The van der Waals surface area contributed by atoms with Crippen molar-refractivity contribution in [3.05, 3.63) is 138 Å². The Morgan fingerprint density at radius 3 is 2.57 bits per heavy atom. The van der Waals surface area contributed by atoms with Gasteiger partial charge in [-0.2, -0.15) is 0 Å². The lowest BCUT2D eigenvalue weighted by atomic mass is 9.95. The molecule has 3 aromatic carbocycles. The molecule has 0 saturated heterocycles. The zero-order valence-corrected chi connectivity index (χ0v) is 19.7. The van der Waals surface area contributed by atoms with E-state index in [2.05, 4.69) is 15.3 Å². The first-order valence-corrected chi connectivity index (χ1v) is 11.6. The average Bonchev–Trinajstić information content (AvgIpc) is 2.93. The van der Waals surface area contributed by atoms with Gasteiger partial charge in [0.15, 0.2) is 0 Å². The minimum Gasteiger partial charge on any atom is -0.872 e. The molecule has 6 nitrogen and oxygen atoms in total. The van der Waals surface area contributed by atoms with Gasteiger partial charge in [-0.1, -0.05) is 60.4 Å². The number of allylic oxidation sites excluding steroid dienone is 5. The summed E-state index contributed by atoms with van der Waals surface area (Å²) in [6.45, 7) is 0.460. The molecular formula is C30H22FN4O2-. The Kier molecular flexibility index (Phi) is 6.85. The van der Waals surface area contributed by atoms with Crippen LogP contribution in [0.5, 0.6) is 5.75 Å². The number of nitrogens with zero attached hydrogens (tertiary/aromatic N) is 2. The molecule has 0 saturated carbocycles. The number of ether oxygens (including phenoxy) is 1. The van der Waals surface area contributed by atoms with Crippen molar-refractivity contribution in [2.45, 2.75) is 6.61 Å². The van der Waals surface area contributed by atoms with Crippen molar-refractivity contribution < 1.29 is 14.2 Å². The van der Waals surface area contributed by atoms with E-state index in [1.165, 1.54) is 24.3 Å². The van der Waals surface area contributed by atoms with Gasteiger partial charge in [0.1, 0.15) is 18.2 Å². The zero-order valence-electron chi connectivity index (χ0n) is 19.7. The minimum atomic E-state index is -0.425. The fraction of sp³-hybridized carbons (Fsp3) is 0.0333. The third-order valence-corrected chi connectivity index (χ3v) is 5.66. The molecule has 1 aromatic heterocycles. The molecule has 5 rings (SSSR count). The summed E-state index contributed by atoms with van der Waals surface area (Å²) in [6, 6.07) is 24.5. The predicted octanol–water partition coefficient (Wildman–Crippen LogP) is 5.68. The van der Waals surface area contributed by atoms with Crippen LogP contribution < -0.4 is 15.2 Å². The fourth-order valence-corrected chi connectivity index (χ4v) is 3.76. The molecule has 0 aliphatic heterocycles. The number of rotatable bonds is 7. The molecule has 4 aromatic rings. The largest absolute Gasteiger partial charge is 0.872 e. The van der Waals surface area contributed by atoms with E-state index in [1.54, 1.807) is 30.5 Å². The van der Waals surface area contributed by atoms with Gasteiger partial charge in [0.25, 0.3) is 0 Å². The predicted molar refractivity (Wildman–Crippen MR) is 141 cm³/mol. The Morgan fingerprint density at radius 1 is 0.946 bits per heavy atom. The Bertz CT molecular complexity index is 1530. The molecule has 0 spiro atoms. The number of hydrogen-bond acceptors (Lipinski definition) is 6.